The Bertz CT molecular complexity index is 402. The summed E-state index contributed by atoms with van der Waals surface area (Å²) in [5.74, 6) is 0.913. The van der Waals surface area contributed by atoms with Gasteiger partial charge in [-0.2, -0.15) is 0 Å². The molecule has 1 N–H and O–H groups in total. The van der Waals surface area contributed by atoms with Crippen molar-refractivity contribution in [3.63, 3.8) is 0 Å². The lowest BCUT2D eigenvalue weighted by atomic mass is 9.98. The quantitative estimate of drug-likeness (QED) is 0.879. The number of nitrogens with zero attached hydrogens (tertiary/aromatic N) is 1. The standard InChI is InChI=1S/C18H30N2/c1-15-7-6-12-20(13-10-15)14-11-18(19-3)17-9-5-4-8-16(17)2/h4-5,8-9,15,18-19H,6-7,10-14H2,1-3H3. The van der Waals surface area contributed by atoms with Crippen LogP contribution in [0.25, 0.3) is 0 Å². The summed E-state index contributed by atoms with van der Waals surface area (Å²) in [5, 5.41) is 3.50. The Morgan fingerprint density at radius 2 is 2.05 bits per heavy atom. The zero-order valence-corrected chi connectivity index (χ0v) is 13.4. The minimum absolute atomic E-state index is 0.483. The van der Waals surface area contributed by atoms with Crippen LogP contribution in [0, 0.1) is 12.8 Å². The second-order valence-electron chi connectivity index (χ2n) is 6.36. The van der Waals surface area contributed by atoms with Gasteiger partial charge in [-0.15, -0.1) is 0 Å². The van der Waals surface area contributed by atoms with Crippen LogP contribution in [-0.4, -0.2) is 31.6 Å². The molecule has 112 valence electrons. The molecule has 0 aliphatic carbocycles. The van der Waals surface area contributed by atoms with Crippen molar-refractivity contribution < 1.29 is 0 Å². The minimum Gasteiger partial charge on any atom is -0.313 e. The number of hydrogen-bond acceptors (Lipinski definition) is 2. The van der Waals surface area contributed by atoms with E-state index in [4.69, 9.17) is 0 Å². The SMILES string of the molecule is CNC(CCN1CCCC(C)CC1)c1ccccc1C. The van der Waals surface area contributed by atoms with Gasteiger partial charge in [0.25, 0.3) is 0 Å². The molecule has 1 aliphatic heterocycles. The van der Waals surface area contributed by atoms with Crippen LogP contribution in [0.3, 0.4) is 0 Å². The van der Waals surface area contributed by atoms with Crippen molar-refractivity contribution in [3.05, 3.63) is 35.4 Å². The van der Waals surface area contributed by atoms with E-state index in [1.54, 1.807) is 0 Å². The van der Waals surface area contributed by atoms with Crippen molar-refractivity contribution >= 4 is 0 Å². The molecule has 1 fully saturated rings. The van der Waals surface area contributed by atoms with Crippen molar-refractivity contribution in [3.8, 4) is 0 Å². The van der Waals surface area contributed by atoms with E-state index in [2.05, 4.69) is 55.4 Å². The third kappa shape index (κ3) is 4.32. The Hall–Kier alpha value is -0.860. The highest BCUT2D eigenvalue weighted by molar-refractivity contribution is 5.28. The summed E-state index contributed by atoms with van der Waals surface area (Å²) in [5.41, 5.74) is 2.86. The molecule has 0 amide bonds. The van der Waals surface area contributed by atoms with Crippen LogP contribution in [0.1, 0.15) is 49.8 Å². The molecule has 0 bridgehead atoms. The van der Waals surface area contributed by atoms with Crippen molar-refractivity contribution in [2.24, 2.45) is 5.92 Å². The fraction of sp³-hybridized carbons (Fsp3) is 0.667. The van der Waals surface area contributed by atoms with E-state index in [1.165, 1.54) is 56.4 Å². The third-order valence-electron chi connectivity index (χ3n) is 4.76. The first-order valence-corrected chi connectivity index (χ1v) is 8.16. The molecule has 1 aromatic carbocycles. The molecular formula is C18H30N2. The van der Waals surface area contributed by atoms with Crippen LogP contribution >= 0.6 is 0 Å². The second-order valence-corrected chi connectivity index (χ2v) is 6.36. The summed E-state index contributed by atoms with van der Waals surface area (Å²) in [6.45, 7) is 8.40. The van der Waals surface area contributed by atoms with Gasteiger partial charge < -0.3 is 10.2 Å². The minimum atomic E-state index is 0.483. The van der Waals surface area contributed by atoms with Gasteiger partial charge in [0.1, 0.15) is 0 Å². The Morgan fingerprint density at radius 3 is 2.80 bits per heavy atom. The molecule has 2 nitrogen and oxygen atoms in total. The molecule has 2 atom stereocenters. The largest absolute Gasteiger partial charge is 0.313 e. The van der Waals surface area contributed by atoms with E-state index < -0.39 is 0 Å². The summed E-state index contributed by atoms with van der Waals surface area (Å²) < 4.78 is 0. The van der Waals surface area contributed by atoms with Crippen LogP contribution < -0.4 is 5.32 Å². The first kappa shape index (κ1) is 15.5. The molecule has 0 spiro atoms. The number of aryl methyl sites for hydroxylation is 1. The molecule has 0 radical (unpaired) electrons. The van der Waals surface area contributed by atoms with Gasteiger partial charge in [0, 0.05) is 6.04 Å². The van der Waals surface area contributed by atoms with Crippen LogP contribution in [0.5, 0.6) is 0 Å². The number of nitrogens with one attached hydrogen (secondary N) is 1. The first-order chi connectivity index (χ1) is 9.70. The molecule has 1 aliphatic rings. The van der Waals surface area contributed by atoms with Crippen LogP contribution in [-0.2, 0) is 0 Å². The highest BCUT2D eigenvalue weighted by Crippen LogP contribution is 2.22. The Labute approximate surface area is 124 Å². The number of likely N-dealkylation sites (tertiary alicyclic amines) is 1. The van der Waals surface area contributed by atoms with E-state index in [9.17, 15) is 0 Å². The Balaban J connectivity index is 1.89. The van der Waals surface area contributed by atoms with Gasteiger partial charge in [0.05, 0.1) is 0 Å². The predicted octanol–water partition coefficient (Wildman–Crippen LogP) is 3.77. The summed E-state index contributed by atoms with van der Waals surface area (Å²) in [4.78, 5) is 2.66. The van der Waals surface area contributed by atoms with Gasteiger partial charge in [-0.3, -0.25) is 0 Å². The number of benzene rings is 1. The lowest BCUT2D eigenvalue weighted by molar-refractivity contribution is 0.265. The summed E-state index contributed by atoms with van der Waals surface area (Å²) in [6, 6.07) is 9.24. The Morgan fingerprint density at radius 1 is 1.25 bits per heavy atom. The molecule has 2 heteroatoms. The maximum atomic E-state index is 3.50. The normalized spacial score (nSPS) is 22.4. The maximum Gasteiger partial charge on any atom is 0.0332 e. The monoisotopic (exact) mass is 274 g/mol. The second kappa shape index (κ2) is 7.80. The third-order valence-corrected chi connectivity index (χ3v) is 4.76. The van der Waals surface area contributed by atoms with Gasteiger partial charge >= 0.3 is 0 Å². The van der Waals surface area contributed by atoms with Gasteiger partial charge in [0.15, 0.2) is 0 Å². The van der Waals surface area contributed by atoms with Gasteiger partial charge in [0.2, 0.25) is 0 Å². The van der Waals surface area contributed by atoms with E-state index in [-0.39, 0.29) is 0 Å². The van der Waals surface area contributed by atoms with Crippen molar-refractivity contribution in [1.82, 2.24) is 10.2 Å². The molecule has 0 aromatic heterocycles. The van der Waals surface area contributed by atoms with Crippen molar-refractivity contribution in [1.29, 1.82) is 0 Å². The summed E-state index contributed by atoms with van der Waals surface area (Å²) >= 11 is 0. The zero-order chi connectivity index (χ0) is 14.4. The molecule has 20 heavy (non-hydrogen) atoms. The highest BCUT2D eigenvalue weighted by Gasteiger charge is 2.16. The summed E-state index contributed by atoms with van der Waals surface area (Å²) in [6.07, 6.45) is 5.35. The average molecular weight is 274 g/mol. The van der Waals surface area contributed by atoms with Crippen LogP contribution in [0.15, 0.2) is 24.3 Å². The fourth-order valence-electron chi connectivity index (χ4n) is 3.29. The number of rotatable bonds is 5. The first-order valence-electron chi connectivity index (χ1n) is 8.16. The van der Waals surface area contributed by atoms with Gasteiger partial charge in [-0.25, -0.2) is 0 Å². The lowest BCUT2D eigenvalue weighted by Crippen LogP contribution is -2.29. The van der Waals surface area contributed by atoms with E-state index >= 15 is 0 Å². The van der Waals surface area contributed by atoms with Crippen molar-refractivity contribution in [2.45, 2.75) is 45.6 Å². The molecule has 2 rings (SSSR count). The molecule has 1 aromatic rings. The Kier molecular flexibility index (Phi) is 6.06. The molecule has 2 unspecified atom stereocenters. The summed E-state index contributed by atoms with van der Waals surface area (Å²) in [7, 11) is 2.08. The smallest absolute Gasteiger partial charge is 0.0332 e. The average Bonchev–Trinajstić information content (AvgIpc) is 2.66. The zero-order valence-electron chi connectivity index (χ0n) is 13.4. The molecular weight excluding hydrogens is 244 g/mol. The predicted molar refractivity (Wildman–Crippen MR) is 87.1 cm³/mol. The maximum absolute atomic E-state index is 3.50. The van der Waals surface area contributed by atoms with E-state index in [0.29, 0.717) is 6.04 Å². The molecule has 1 saturated heterocycles. The van der Waals surface area contributed by atoms with Crippen LogP contribution in [0.2, 0.25) is 0 Å². The molecule has 0 saturated carbocycles. The fourth-order valence-corrected chi connectivity index (χ4v) is 3.29. The van der Waals surface area contributed by atoms with Crippen molar-refractivity contribution in [2.75, 3.05) is 26.7 Å². The van der Waals surface area contributed by atoms with Gasteiger partial charge in [-0.05, 0) is 76.3 Å². The van der Waals surface area contributed by atoms with E-state index in [0.717, 1.165) is 5.92 Å². The lowest BCUT2D eigenvalue weighted by Gasteiger charge is -2.24. The highest BCUT2D eigenvalue weighted by atomic mass is 15.1. The number of hydrogen-bond donors (Lipinski definition) is 1. The van der Waals surface area contributed by atoms with Gasteiger partial charge in [-0.1, -0.05) is 31.2 Å². The van der Waals surface area contributed by atoms with Crippen LogP contribution in [0.4, 0.5) is 0 Å². The topological polar surface area (TPSA) is 15.3 Å². The van der Waals surface area contributed by atoms with E-state index in [1.807, 2.05) is 0 Å². The molecule has 1 heterocycles.